The summed E-state index contributed by atoms with van der Waals surface area (Å²) in [5, 5.41) is 4.39. The highest BCUT2D eigenvalue weighted by Crippen LogP contribution is 2.12. The second-order valence-electron chi connectivity index (χ2n) is 2.78. The minimum Gasteiger partial charge on any atom is -0.361 e. The molecule has 0 saturated heterocycles. The van der Waals surface area contributed by atoms with Gasteiger partial charge in [-0.3, -0.25) is 0 Å². The molecule has 0 unspecified atom stereocenters. The molecule has 0 radical (unpaired) electrons. The van der Waals surface area contributed by atoms with Crippen LogP contribution in [0, 0.1) is 0 Å². The van der Waals surface area contributed by atoms with E-state index in [1.165, 1.54) is 5.56 Å². The summed E-state index contributed by atoms with van der Waals surface area (Å²) in [5.74, 6) is 0.863. The van der Waals surface area contributed by atoms with Crippen molar-refractivity contribution in [2.75, 3.05) is 0 Å². The van der Waals surface area contributed by atoms with Crippen LogP contribution in [-0.2, 0) is 6.42 Å². The molecular formula is C10H8ClNO. The predicted molar refractivity (Wildman–Crippen MR) is 50.8 cm³/mol. The van der Waals surface area contributed by atoms with E-state index in [4.69, 9.17) is 16.1 Å². The van der Waals surface area contributed by atoms with Gasteiger partial charge < -0.3 is 4.52 Å². The molecule has 0 aliphatic carbocycles. The number of hydrogen-bond acceptors (Lipinski definition) is 2. The van der Waals surface area contributed by atoms with Crippen molar-refractivity contribution in [1.29, 1.82) is 0 Å². The lowest BCUT2D eigenvalue weighted by atomic mass is 10.1. The molecule has 1 aromatic carbocycles. The maximum absolute atomic E-state index is 5.76. The van der Waals surface area contributed by atoms with Gasteiger partial charge in [0.2, 0.25) is 0 Å². The first-order chi connectivity index (χ1) is 6.34. The van der Waals surface area contributed by atoms with Gasteiger partial charge in [-0.15, -0.1) is 0 Å². The smallest absolute Gasteiger partial charge is 0.141 e. The minimum atomic E-state index is 0.751. The molecule has 0 atom stereocenters. The van der Waals surface area contributed by atoms with Crippen LogP contribution in [0.5, 0.6) is 0 Å². The molecule has 66 valence electrons. The Hall–Kier alpha value is -1.28. The fourth-order valence-corrected chi connectivity index (χ4v) is 1.26. The highest BCUT2D eigenvalue weighted by molar-refractivity contribution is 6.30. The van der Waals surface area contributed by atoms with E-state index in [1.54, 1.807) is 6.20 Å². The van der Waals surface area contributed by atoms with Crippen LogP contribution in [0.2, 0.25) is 5.02 Å². The first-order valence-electron chi connectivity index (χ1n) is 3.98. The Morgan fingerprint density at radius 3 is 2.54 bits per heavy atom. The third-order valence-corrected chi connectivity index (χ3v) is 2.03. The second kappa shape index (κ2) is 3.62. The number of nitrogens with zero attached hydrogens (tertiary/aromatic N) is 1. The molecular weight excluding hydrogens is 186 g/mol. The fraction of sp³-hybridized carbons (Fsp3) is 0.100. The number of aromatic nitrogens is 1. The summed E-state index contributed by atoms with van der Waals surface area (Å²) >= 11 is 5.76. The quantitative estimate of drug-likeness (QED) is 0.733. The van der Waals surface area contributed by atoms with Crippen molar-refractivity contribution in [1.82, 2.24) is 5.16 Å². The molecule has 0 saturated carbocycles. The summed E-state index contributed by atoms with van der Waals surface area (Å²) in [5.41, 5.74) is 1.17. The van der Waals surface area contributed by atoms with E-state index < -0.39 is 0 Å². The average Bonchev–Trinajstić information content (AvgIpc) is 2.62. The van der Waals surface area contributed by atoms with Crippen LogP contribution in [0.1, 0.15) is 11.3 Å². The zero-order valence-electron chi connectivity index (χ0n) is 6.90. The van der Waals surface area contributed by atoms with Crippen LogP contribution in [-0.4, -0.2) is 5.16 Å². The highest BCUT2D eigenvalue weighted by atomic mass is 35.5. The summed E-state index contributed by atoms with van der Waals surface area (Å²) in [6.45, 7) is 0. The van der Waals surface area contributed by atoms with Crippen LogP contribution in [0.25, 0.3) is 0 Å². The van der Waals surface area contributed by atoms with Crippen LogP contribution < -0.4 is 0 Å². The van der Waals surface area contributed by atoms with Gasteiger partial charge in [0.15, 0.2) is 0 Å². The molecule has 2 aromatic rings. The Morgan fingerprint density at radius 1 is 1.15 bits per heavy atom. The van der Waals surface area contributed by atoms with Gasteiger partial charge in [0, 0.05) is 17.5 Å². The minimum absolute atomic E-state index is 0.751. The monoisotopic (exact) mass is 193 g/mol. The Bertz CT molecular complexity index is 366. The molecule has 0 N–H and O–H groups in total. The standard InChI is InChI=1S/C10H8ClNO/c11-9-3-1-8(2-4-9)7-10-5-6-12-13-10/h1-6H,7H2. The lowest BCUT2D eigenvalue weighted by Crippen LogP contribution is -1.84. The molecule has 1 aromatic heterocycles. The molecule has 0 aliphatic rings. The zero-order chi connectivity index (χ0) is 9.10. The first-order valence-corrected chi connectivity index (χ1v) is 4.36. The van der Waals surface area contributed by atoms with Gasteiger partial charge >= 0.3 is 0 Å². The van der Waals surface area contributed by atoms with E-state index >= 15 is 0 Å². The topological polar surface area (TPSA) is 26.0 Å². The maximum atomic E-state index is 5.76. The molecule has 0 amide bonds. The highest BCUT2D eigenvalue weighted by Gasteiger charge is 1.98. The van der Waals surface area contributed by atoms with Crippen molar-refractivity contribution in [3.05, 3.63) is 52.9 Å². The molecule has 0 fully saturated rings. The lowest BCUT2D eigenvalue weighted by molar-refractivity contribution is 0.389. The summed E-state index contributed by atoms with van der Waals surface area (Å²) in [7, 11) is 0. The Kier molecular flexibility index (Phi) is 2.32. The van der Waals surface area contributed by atoms with Gasteiger partial charge in [-0.05, 0) is 17.7 Å². The van der Waals surface area contributed by atoms with E-state index in [0.717, 1.165) is 17.2 Å². The van der Waals surface area contributed by atoms with Gasteiger partial charge in [0.25, 0.3) is 0 Å². The number of halogens is 1. The van der Waals surface area contributed by atoms with Crippen LogP contribution in [0.15, 0.2) is 41.1 Å². The summed E-state index contributed by atoms with van der Waals surface area (Å²) < 4.78 is 4.98. The van der Waals surface area contributed by atoms with Crippen molar-refractivity contribution < 1.29 is 4.52 Å². The Labute approximate surface area is 81.1 Å². The van der Waals surface area contributed by atoms with E-state index in [-0.39, 0.29) is 0 Å². The lowest BCUT2D eigenvalue weighted by Gasteiger charge is -1.96. The average molecular weight is 194 g/mol. The van der Waals surface area contributed by atoms with Gasteiger partial charge in [0.1, 0.15) is 5.76 Å². The molecule has 0 aliphatic heterocycles. The molecule has 0 spiro atoms. The van der Waals surface area contributed by atoms with E-state index in [9.17, 15) is 0 Å². The van der Waals surface area contributed by atoms with Gasteiger partial charge in [-0.1, -0.05) is 28.9 Å². The fourth-order valence-electron chi connectivity index (χ4n) is 1.14. The van der Waals surface area contributed by atoms with Crippen molar-refractivity contribution >= 4 is 11.6 Å². The SMILES string of the molecule is Clc1ccc(Cc2ccno2)cc1. The van der Waals surface area contributed by atoms with Gasteiger partial charge in [-0.25, -0.2) is 0 Å². The molecule has 1 heterocycles. The third-order valence-electron chi connectivity index (χ3n) is 1.78. The molecule has 0 bridgehead atoms. The second-order valence-corrected chi connectivity index (χ2v) is 3.22. The molecule has 13 heavy (non-hydrogen) atoms. The maximum Gasteiger partial charge on any atom is 0.141 e. The largest absolute Gasteiger partial charge is 0.361 e. The molecule has 3 heteroatoms. The van der Waals surface area contributed by atoms with E-state index in [2.05, 4.69) is 5.16 Å². The van der Waals surface area contributed by atoms with E-state index in [1.807, 2.05) is 30.3 Å². The third kappa shape index (κ3) is 2.10. The van der Waals surface area contributed by atoms with E-state index in [0.29, 0.717) is 0 Å². The first kappa shape index (κ1) is 8.32. The zero-order valence-corrected chi connectivity index (χ0v) is 7.66. The van der Waals surface area contributed by atoms with Gasteiger partial charge in [0.05, 0.1) is 6.20 Å². The van der Waals surface area contributed by atoms with Gasteiger partial charge in [-0.2, -0.15) is 0 Å². The van der Waals surface area contributed by atoms with Crippen molar-refractivity contribution in [2.24, 2.45) is 0 Å². The summed E-state index contributed by atoms with van der Waals surface area (Å²) in [4.78, 5) is 0. The van der Waals surface area contributed by atoms with Crippen molar-refractivity contribution in [2.45, 2.75) is 6.42 Å². The normalized spacial score (nSPS) is 10.2. The molecule has 2 nitrogen and oxygen atoms in total. The summed E-state index contributed by atoms with van der Waals surface area (Å²) in [6.07, 6.45) is 2.41. The number of rotatable bonds is 2. The Balaban J connectivity index is 2.15. The van der Waals surface area contributed by atoms with Crippen LogP contribution in [0.4, 0.5) is 0 Å². The van der Waals surface area contributed by atoms with Crippen molar-refractivity contribution in [3.8, 4) is 0 Å². The van der Waals surface area contributed by atoms with Crippen molar-refractivity contribution in [3.63, 3.8) is 0 Å². The van der Waals surface area contributed by atoms with Crippen LogP contribution in [0.3, 0.4) is 0 Å². The molecule has 2 rings (SSSR count). The Morgan fingerprint density at radius 2 is 1.92 bits per heavy atom. The predicted octanol–water partition coefficient (Wildman–Crippen LogP) is 2.92. The summed E-state index contributed by atoms with van der Waals surface area (Å²) in [6, 6.07) is 9.55. The number of hydrogen-bond donors (Lipinski definition) is 0. The van der Waals surface area contributed by atoms with Crippen LogP contribution >= 0.6 is 11.6 Å². The number of benzene rings is 1.